The van der Waals surface area contributed by atoms with E-state index in [0.717, 1.165) is 51.1 Å². The Hall–Kier alpha value is -3.19. The summed E-state index contributed by atoms with van der Waals surface area (Å²) < 4.78 is 7.53. The number of amides is 1. The third-order valence-electron chi connectivity index (χ3n) is 5.83. The molecule has 0 spiro atoms. The summed E-state index contributed by atoms with van der Waals surface area (Å²) >= 11 is 6.53. The molecule has 1 aliphatic heterocycles. The lowest BCUT2D eigenvalue weighted by Crippen LogP contribution is -2.25. The molecule has 8 heteroatoms. The lowest BCUT2D eigenvalue weighted by atomic mass is 9.95. The Kier molecular flexibility index (Phi) is 7.03. The van der Waals surface area contributed by atoms with Gasteiger partial charge in [-0.05, 0) is 62.1 Å². The first-order valence-electron chi connectivity index (χ1n) is 11.6. The predicted octanol–water partition coefficient (Wildman–Crippen LogP) is 4.85. The molecule has 1 amide bonds. The van der Waals surface area contributed by atoms with Gasteiger partial charge in [0, 0.05) is 22.7 Å². The smallest absolute Gasteiger partial charge is 0.222 e. The van der Waals surface area contributed by atoms with Gasteiger partial charge in [0.05, 0.1) is 24.9 Å². The van der Waals surface area contributed by atoms with Gasteiger partial charge in [-0.3, -0.25) is 14.4 Å². The number of aliphatic imine (C=N–C) groups is 1. The van der Waals surface area contributed by atoms with Crippen molar-refractivity contribution in [2.45, 2.75) is 46.6 Å². The number of fused-ring (bicyclic) bond motifs is 3. The van der Waals surface area contributed by atoms with Crippen molar-refractivity contribution in [1.29, 1.82) is 0 Å². The van der Waals surface area contributed by atoms with E-state index in [4.69, 9.17) is 21.3 Å². The predicted molar refractivity (Wildman–Crippen MR) is 134 cm³/mol. The maximum Gasteiger partial charge on any atom is 0.222 e. The molecule has 1 aromatic heterocycles. The van der Waals surface area contributed by atoms with Crippen LogP contribution in [0.4, 0.5) is 0 Å². The van der Waals surface area contributed by atoms with Crippen molar-refractivity contribution in [2.75, 3.05) is 13.7 Å². The Bertz CT molecular complexity index is 1250. The number of ether oxygens (including phenoxy) is 1. The number of methoxy groups -OCH3 is 1. The lowest BCUT2D eigenvalue weighted by molar-refractivity contribution is -0.121. The van der Waals surface area contributed by atoms with Gasteiger partial charge in [0.1, 0.15) is 17.6 Å². The molecule has 178 valence electrons. The molecule has 2 heterocycles. The molecule has 7 nitrogen and oxygen atoms in total. The molecule has 0 fully saturated rings. The number of hydrogen-bond donors (Lipinski definition) is 1. The maximum absolute atomic E-state index is 12.6. The van der Waals surface area contributed by atoms with E-state index in [0.29, 0.717) is 18.3 Å². The molecule has 4 rings (SSSR count). The number of nitrogens with zero attached hydrogens (tertiary/aromatic N) is 4. The molecule has 1 unspecified atom stereocenters. The van der Waals surface area contributed by atoms with Gasteiger partial charge in [-0.1, -0.05) is 31.5 Å². The van der Waals surface area contributed by atoms with Gasteiger partial charge in [0.2, 0.25) is 5.91 Å². The van der Waals surface area contributed by atoms with Gasteiger partial charge in [0.25, 0.3) is 0 Å². The molecule has 34 heavy (non-hydrogen) atoms. The van der Waals surface area contributed by atoms with Crippen molar-refractivity contribution in [2.24, 2.45) is 10.9 Å². The highest BCUT2D eigenvalue weighted by molar-refractivity contribution is 6.31. The van der Waals surface area contributed by atoms with Crippen molar-refractivity contribution >= 4 is 23.2 Å². The Morgan fingerprint density at radius 3 is 2.71 bits per heavy atom. The number of aromatic nitrogens is 3. The second kappa shape index (κ2) is 9.97. The Morgan fingerprint density at radius 1 is 1.21 bits per heavy atom. The minimum Gasteiger partial charge on any atom is -0.497 e. The second-order valence-corrected chi connectivity index (χ2v) is 9.29. The fourth-order valence-electron chi connectivity index (χ4n) is 4.33. The summed E-state index contributed by atoms with van der Waals surface area (Å²) in [7, 11) is 1.64. The highest BCUT2D eigenvalue weighted by atomic mass is 35.5. The Morgan fingerprint density at radius 2 is 2.00 bits per heavy atom. The van der Waals surface area contributed by atoms with E-state index in [1.54, 1.807) is 7.11 Å². The van der Waals surface area contributed by atoms with Crippen LogP contribution in [-0.2, 0) is 11.2 Å². The zero-order chi connectivity index (χ0) is 24.4. The van der Waals surface area contributed by atoms with Crippen LogP contribution < -0.4 is 10.1 Å². The molecule has 1 atom stereocenters. The fraction of sp³-hybridized carbons (Fsp3) is 0.385. The normalized spacial score (nSPS) is 14.8. The molecule has 0 saturated carbocycles. The monoisotopic (exact) mass is 479 g/mol. The van der Waals surface area contributed by atoms with Gasteiger partial charge in [-0.2, -0.15) is 0 Å². The van der Waals surface area contributed by atoms with Crippen molar-refractivity contribution in [3.05, 3.63) is 69.8 Å². The summed E-state index contributed by atoms with van der Waals surface area (Å²) in [4.78, 5) is 17.7. The van der Waals surface area contributed by atoms with Gasteiger partial charge in [-0.15, -0.1) is 10.2 Å². The first-order valence-corrected chi connectivity index (χ1v) is 11.9. The van der Waals surface area contributed by atoms with Gasteiger partial charge in [0.15, 0.2) is 5.82 Å². The van der Waals surface area contributed by atoms with Crippen LogP contribution in [0.2, 0.25) is 5.02 Å². The van der Waals surface area contributed by atoms with Crippen LogP contribution in [0.25, 0.3) is 5.69 Å². The Labute approximate surface area is 205 Å². The van der Waals surface area contributed by atoms with Crippen LogP contribution in [0.1, 0.15) is 61.6 Å². The molecule has 0 saturated heterocycles. The molecule has 3 aromatic rings. The standard InChI is InChI=1S/C26H30ClN5O2/c1-6-28-24(33)14-22-26-31-30-16(4)32(26)23-10-8-19(34-5)13-20(23)25(29-22)17-7-9-21(27)18(12-17)11-15(2)3/h7-10,12-13,15,22H,6,11,14H2,1-5H3,(H,28,33). The van der Waals surface area contributed by atoms with E-state index in [2.05, 4.69) is 35.4 Å². The largest absolute Gasteiger partial charge is 0.497 e. The number of benzene rings is 2. The van der Waals surface area contributed by atoms with Crippen molar-refractivity contribution < 1.29 is 9.53 Å². The minimum atomic E-state index is -0.495. The molecule has 2 aromatic carbocycles. The Balaban J connectivity index is 1.95. The second-order valence-electron chi connectivity index (χ2n) is 8.88. The van der Waals surface area contributed by atoms with E-state index in [1.165, 1.54) is 0 Å². The van der Waals surface area contributed by atoms with Crippen LogP contribution in [0, 0.1) is 12.8 Å². The lowest BCUT2D eigenvalue weighted by Gasteiger charge is -2.15. The average Bonchev–Trinajstić information content (AvgIpc) is 3.12. The zero-order valence-electron chi connectivity index (χ0n) is 20.2. The first kappa shape index (κ1) is 24.0. The fourth-order valence-corrected chi connectivity index (χ4v) is 4.53. The van der Waals surface area contributed by atoms with Crippen molar-refractivity contribution in [3.8, 4) is 11.4 Å². The van der Waals surface area contributed by atoms with Crippen molar-refractivity contribution in [3.63, 3.8) is 0 Å². The highest BCUT2D eigenvalue weighted by Crippen LogP contribution is 2.35. The van der Waals surface area contributed by atoms with E-state index in [1.807, 2.05) is 48.7 Å². The number of aryl methyl sites for hydroxylation is 1. The van der Waals surface area contributed by atoms with E-state index >= 15 is 0 Å². The number of rotatable bonds is 7. The van der Waals surface area contributed by atoms with E-state index in [9.17, 15) is 4.79 Å². The van der Waals surface area contributed by atoms with Crippen LogP contribution in [0.15, 0.2) is 41.4 Å². The topological polar surface area (TPSA) is 81.4 Å². The molecular formula is C26H30ClN5O2. The number of hydrogen-bond acceptors (Lipinski definition) is 5. The molecule has 0 radical (unpaired) electrons. The third-order valence-corrected chi connectivity index (χ3v) is 6.20. The molecule has 0 aliphatic carbocycles. The molecule has 1 N–H and O–H groups in total. The van der Waals surface area contributed by atoms with Crippen LogP contribution in [0.3, 0.4) is 0 Å². The summed E-state index contributed by atoms with van der Waals surface area (Å²) in [6.45, 7) is 8.70. The summed E-state index contributed by atoms with van der Waals surface area (Å²) in [5.74, 6) is 2.47. The average molecular weight is 480 g/mol. The summed E-state index contributed by atoms with van der Waals surface area (Å²) in [6.07, 6.45) is 1.03. The number of halogens is 1. The summed E-state index contributed by atoms with van der Waals surface area (Å²) in [6, 6.07) is 11.4. The highest BCUT2D eigenvalue weighted by Gasteiger charge is 2.30. The third kappa shape index (κ3) is 4.71. The van der Waals surface area contributed by atoms with E-state index in [-0.39, 0.29) is 12.3 Å². The van der Waals surface area contributed by atoms with Crippen LogP contribution in [0.5, 0.6) is 5.75 Å². The summed E-state index contributed by atoms with van der Waals surface area (Å²) in [5.41, 5.74) is 4.57. The van der Waals surface area contributed by atoms with Crippen molar-refractivity contribution in [1.82, 2.24) is 20.1 Å². The van der Waals surface area contributed by atoms with Gasteiger partial charge < -0.3 is 10.1 Å². The van der Waals surface area contributed by atoms with Crippen LogP contribution in [-0.4, -0.2) is 40.0 Å². The van der Waals surface area contributed by atoms with Crippen LogP contribution >= 0.6 is 11.6 Å². The van der Waals surface area contributed by atoms with E-state index < -0.39 is 6.04 Å². The molecule has 1 aliphatic rings. The quantitative estimate of drug-likeness (QED) is 0.525. The van der Waals surface area contributed by atoms with Gasteiger partial charge >= 0.3 is 0 Å². The zero-order valence-corrected chi connectivity index (χ0v) is 21.0. The molecular weight excluding hydrogens is 450 g/mol. The summed E-state index contributed by atoms with van der Waals surface area (Å²) in [5, 5.41) is 12.3. The number of nitrogens with one attached hydrogen (secondary N) is 1. The first-order chi connectivity index (χ1) is 16.3. The number of carbonyl (C=O) groups excluding carboxylic acids is 1. The van der Waals surface area contributed by atoms with Gasteiger partial charge in [-0.25, -0.2) is 0 Å². The maximum atomic E-state index is 12.6. The SMILES string of the molecule is CCNC(=O)CC1N=C(c2ccc(Cl)c(CC(C)C)c2)c2cc(OC)ccc2-n2c(C)nnc21. The minimum absolute atomic E-state index is 0.0806. The molecule has 0 bridgehead atoms. The number of carbonyl (C=O) groups is 1.